The van der Waals surface area contributed by atoms with Gasteiger partial charge in [-0.2, -0.15) is 0 Å². The quantitative estimate of drug-likeness (QED) is 0.225. The number of hydrogen-bond donors (Lipinski definition) is 4. The topological polar surface area (TPSA) is 152 Å². The molecule has 0 aliphatic heterocycles. The molecule has 2 aromatic carbocycles. The van der Waals surface area contributed by atoms with E-state index in [1.54, 1.807) is 52.0 Å². The second-order valence-corrected chi connectivity index (χ2v) is 10.5. The Kier molecular flexibility index (Phi) is 9.78. The van der Waals surface area contributed by atoms with Crippen molar-refractivity contribution in [2.24, 2.45) is 0 Å². The standard InChI is InChI=1S/C22H32O10P2/c1-5-29-21(30-6-2,33(23,24)25)19-13-9-17(10-14-19)18-11-15-20(16-12-18)22(31-7-3,32-8-4)34(26,27)28/h9-16H,5-8H2,1-4H3,(H2,23,24,25)(H2,26,27,28). The van der Waals surface area contributed by atoms with Gasteiger partial charge in [0.1, 0.15) is 0 Å². The van der Waals surface area contributed by atoms with Gasteiger partial charge in [0.2, 0.25) is 0 Å². The van der Waals surface area contributed by atoms with E-state index in [0.717, 1.165) is 0 Å². The van der Waals surface area contributed by atoms with Gasteiger partial charge in [-0.1, -0.05) is 48.5 Å². The molecule has 0 fully saturated rings. The minimum Gasteiger partial charge on any atom is -0.337 e. The van der Waals surface area contributed by atoms with Crippen molar-refractivity contribution in [3.63, 3.8) is 0 Å². The minimum atomic E-state index is -4.85. The zero-order valence-electron chi connectivity index (χ0n) is 19.6. The van der Waals surface area contributed by atoms with Crippen LogP contribution in [0.25, 0.3) is 11.1 Å². The van der Waals surface area contributed by atoms with E-state index in [0.29, 0.717) is 11.1 Å². The predicted octanol–water partition coefficient (Wildman–Crippen LogP) is 4.08. The van der Waals surface area contributed by atoms with Crippen molar-refractivity contribution in [1.29, 1.82) is 0 Å². The van der Waals surface area contributed by atoms with E-state index in [1.165, 1.54) is 24.3 Å². The summed E-state index contributed by atoms with van der Waals surface area (Å²) < 4.78 is 46.2. The molecule has 0 aromatic heterocycles. The minimum absolute atomic E-state index is 0.0231. The summed E-state index contributed by atoms with van der Waals surface area (Å²) in [6, 6.07) is 12.6. The first-order valence-corrected chi connectivity index (χ1v) is 14.0. The lowest BCUT2D eigenvalue weighted by Crippen LogP contribution is -2.33. The maximum absolute atomic E-state index is 12.3. The van der Waals surface area contributed by atoms with Gasteiger partial charge < -0.3 is 38.5 Å². The molecule has 0 spiro atoms. The maximum atomic E-state index is 12.3. The molecule has 34 heavy (non-hydrogen) atoms. The molecule has 0 radical (unpaired) electrons. The summed E-state index contributed by atoms with van der Waals surface area (Å²) in [7, 11) is -9.70. The number of hydrogen-bond acceptors (Lipinski definition) is 6. The molecule has 0 saturated carbocycles. The van der Waals surface area contributed by atoms with E-state index in [1.807, 2.05) is 0 Å². The van der Waals surface area contributed by atoms with Crippen LogP contribution in [0.5, 0.6) is 0 Å². The SMILES string of the molecule is CCOC(OCC)(c1ccc(-c2ccc(C(OCC)(OCC)P(=O)(O)O)cc2)cc1)P(=O)(O)O. The van der Waals surface area contributed by atoms with Gasteiger partial charge in [0, 0.05) is 37.6 Å². The van der Waals surface area contributed by atoms with Gasteiger partial charge in [-0.15, -0.1) is 0 Å². The highest BCUT2D eigenvalue weighted by atomic mass is 31.2. The zero-order chi connectivity index (χ0) is 25.6. The van der Waals surface area contributed by atoms with Crippen LogP contribution in [0.3, 0.4) is 0 Å². The molecule has 4 N–H and O–H groups in total. The fourth-order valence-electron chi connectivity index (χ4n) is 3.62. The van der Waals surface area contributed by atoms with Crippen LogP contribution in [0.4, 0.5) is 0 Å². The Morgan fingerprint density at radius 3 is 0.971 bits per heavy atom. The Bertz CT molecular complexity index is 915. The van der Waals surface area contributed by atoms with Crippen LogP contribution in [0.2, 0.25) is 0 Å². The van der Waals surface area contributed by atoms with E-state index in [9.17, 15) is 28.7 Å². The van der Waals surface area contributed by atoms with Crippen LogP contribution in [0, 0.1) is 0 Å². The molecule has 0 heterocycles. The van der Waals surface area contributed by atoms with Crippen LogP contribution in [0.1, 0.15) is 38.8 Å². The maximum Gasteiger partial charge on any atom is 0.389 e. The van der Waals surface area contributed by atoms with Gasteiger partial charge in [0.05, 0.1) is 0 Å². The highest BCUT2D eigenvalue weighted by Crippen LogP contribution is 2.59. The molecule has 0 unspecified atom stereocenters. The molecule has 190 valence electrons. The Hall–Kier alpha value is -1.42. The van der Waals surface area contributed by atoms with Crippen LogP contribution in [0.15, 0.2) is 48.5 Å². The number of ether oxygens (including phenoxy) is 4. The molecule has 12 heteroatoms. The second kappa shape index (κ2) is 11.5. The van der Waals surface area contributed by atoms with Crippen molar-refractivity contribution in [3.05, 3.63) is 59.7 Å². The molecule has 0 atom stereocenters. The highest BCUT2D eigenvalue weighted by molar-refractivity contribution is 7.53. The van der Waals surface area contributed by atoms with Crippen LogP contribution in [-0.4, -0.2) is 46.0 Å². The third-order valence-electron chi connectivity index (χ3n) is 4.96. The Morgan fingerprint density at radius 1 is 0.559 bits per heavy atom. The molecule has 2 aromatic rings. The Balaban J connectivity index is 2.47. The van der Waals surface area contributed by atoms with Gasteiger partial charge in [-0.05, 0) is 38.8 Å². The smallest absolute Gasteiger partial charge is 0.337 e. The lowest BCUT2D eigenvalue weighted by molar-refractivity contribution is -0.192. The Morgan fingerprint density at radius 2 is 0.794 bits per heavy atom. The van der Waals surface area contributed by atoms with Gasteiger partial charge in [0.15, 0.2) is 0 Å². The zero-order valence-corrected chi connectivity index (χ0v) is 21.4. The van der Waals surface area contributed by atoms with E-state index >= 15 is 0 Å². The first kappa shape index (κ1) is 28.8. The predicted molar refractivity (Wildman–Crippen MR) is 126 cm³/mol. The summed E-state index contributed by atoms with van der Waals surface area (Å²) in [6.45, 7) is 6.54. The molecule has 0 saturated heterocycles. The molecule has 0 bridgehead atoms. The van der Waals surface area contributed by atoms with Crippen LogP contribution < -0.4 is 0 Å². The third kappa shape index (κ3) is 5.69. The summed E-state index contributed by atoms with van der Waals surface area (Å²) in [4.78, 5) is 39.9. The summed E-state index contributed by atoms with van der Waals surface area (Å²) in [5.74, 6) is 0. The average molecular weight is 518 g/mol. The van der Waals surface area contributed by atoms with Gasteiger partial charge >= 0.3 is 15.2 Å². The molecule has 10 nitrogen and oxygen atoms in total. The first-order valence-electron chi connectivity index (χ1n) is 10.8. The summed E-state index contributed by atoms with van der Waals surface area (Å²) in [6.07, 6.45) is 0. The molecule has 0 amide bonds. The molecule has 2 rings (SSSR count). The largest absolute Gasteiger partial charge is 0.389 e. The van der Waals surface area contributed by atoms with Crippen molar-refractivity contribution >= 4 is 15.2 Å². The van der Waals surface area contributed by atoms with Crippen molar-refractivity contribution in [2.45, 2.75) is 38.8 Å². The molecular weight excluding hydrogens is 486 g/mol. The lowest BCUT2D eigenvalue weighted by Gasteiger charge is -2.34. The van der Waals surface area contributed by atoms with E-state index < -0.39 is 26.2 Å². The van der Waals surface area contributed by atoms with E-state index in [4.69, 9.17) is 18.9 Å². The average Bonchev–Trinajstić information content (AvgIpc) is 2.77. The third-order valence-corrected chi connectivity index (χ3v) is 7.53. The van der Waals surface area contributed by atoms with Gasteiger partial charge in [-0.25, -0.2) is 0 Å². The molecular formula is C22H32O10P2. The lowest BCUT2D eigenvalue weighted by atomic mass is 10.0. The Labute approximate surface area is 199 Å². The van der Waals surface area contributed by atoms with Crippen molar-refractivity contribution in [2.75, 3.05) is 26.4 Å². The summed E-state index contributed by atoms with van der Waals surface area (Å²) in [5.41, 5.74) is -2.71. The van der Waals surface area contributed by atoms with Crippen molar-refractivity contribution < 1.29 is 47.7 Å². The molecule has 0 aliphatic carbocycles. The van der Waals surface area contributed by atoms with Gasteiger partial charge in [-0.3, -0.25) is 9.13 Å². The summed E-state index contributed by atoms with van der Waals surface area (Å²) >= 11 is 0. The monoisotopic (exact) mass is 518 g/mol. The fourth-order valence-corrected chi connectivity index (χ4v) is 5.78. The normalized spacial score (nSPS) is 13.3. The second-order valence-electron chi connectivity index (χ2n) is 7.14. The number of rotatable bonds is 13. The van der Waals surface area contributed by atoms with Crippen molar-refractivity contribution in [1.82, 2.24) is 0 Å². The van der Waals surface area contributed by atoms with Crippen LogP contribution in [-0.2, 0) is 39.1 Å². The number of benzene rings is 2. The van der Waals surface area contributed by atoms with Crippen molar-refractivity contribution in [3.8, 4) is 11.1 Å². The van der Waals surface area contributed by atoms with E-state index in [-0.39, 0.29) is 37.6 Å². The fraction of sp³-hybridized carbons (Fsp3) is 0.455. The van der Waals surface area contributed by atoms with E-state index in [2.05, 4.69) is 0 Å². The first-order chi connectivity index (χ1) is 15.9. The highest BCUT2D eigenvalue weighted by Gasteiger charge is 2.52. The van der Waals surface area contributed by atoms with Gasteiger partial charge in [0.25, 0.3) is 11.1 Å². The van der Waals surface area contributed by atoms with Crippen LogP contribution >= 0.6 is 15.2 Å². The summed E-state index contributed by atoms with van der Waals surface area (Å²) in [5, 5.41) is 0. The molecule has 0 aliphatic rings.